The minimum absolute atomic E-state index is 0.0202. The molecule has 1 heterocycles. The summed E-state index contributed by atoms with van der Waals surface area (Å²) in [5, 5.41) is 12.6. The molecule has 0 amide bonds. The third-order valence-corrected chi connectivity index (χ3v) is 3.68. The quantitative estimate of drug-likeness (QED) is 0.825. The zero-order valence-corrected chi connectivity index (χ0v) is 11.9. The molecule has 1 fully saturated rings. The van der Waals surface area contributed by atoms with E-state index in [1.807, 2.05) is 0 Å². The number of carboxylic acids is 1. The van der Waals surface area contributed by atoms with Crippen molar-refractivity contribution < 1.29 is 9.90 Å². The molecule has 1 aliphatic carbocycles. The summed E-state index contributed by atoms with van der Waals surface area (Å²) in [6.45, 7) is 6.37. The molecule has 1 saturated carbocycles. The molecule has 4 heteroatoms. The first kappa shape index (κ1) is 13.8. The van der Waals surface area contributed by atoms with Crippen molar-refractivity contribution in [2.75, 3.05) is 5.32 Å². The van der Waals surface area contributed by atoms with Gasteiger partial charge in [-0.3, -0.25) is 0 Å². The highest BCUT2D eigenvalue weighted by Gasteiger charge is 2.37. The summed E-state index contributed by atoms with van der Waals surface area (Å²) in [5.41, 5.74) is 1.14. The van der Waals surface area contributed by atoms with Gasteiger partial charge >= 0.3 is 5.97 Å². The number of anilines is 1. The van der Waals surface area contributed by atoms with E-state index in [2.05, 4.69) is 31.1 Å². The van der Waals surface area contributed by atoms with Crippen molar-refractivity contribution in [1.82, 2.24) is 4.98 Å². The van der Waals surface area contributed by atoms with Crippen LogP contribution in [0.25, 0.3) is 0 Å². The number of nitrogens with zero attached hydrogens (tertiary/aromatic N) is 1. The fourth-order valence-corrected chi connectivity index (χ4v) is 2.40. The zero-order chi connectivity index (χ0) is 14.0. The van der Waals surface area contributed by atoms with E-state index >= 15 is 0 Å². The number of rotatable bonds is 6. The van der Waals surface area contributed by atoms with E-state index in [1.54, 1.807) is 12.1 Å². The van der Waals surface area contributed by atoms with E-state index in [0.29, 0.717) is 17.3 Å². The lowest BCUT2D eigenvalue weighted by Crippen LogP contribution is -2.33. The maximum absolute atomic E-state index is 11.2. The minimum Gasteiger partial charge on any atom is -0.478 e. The second kappa shape index (κ2) is 5.19. The van der Waals surface area contributed by atoms with Gasteiger partial charge in [0.05, 0.1) is 5.56 Å². The van der Waals surface area contributed by atoms with Gasteiger partial charge in [-0.15, -0.1) is 0 Å². The summed E-state index contributed by atoms with van der Waals surface area (Å²) < 4.78 is 0. The zero-order valence-electron chi connectivity index (χ0n) is 11.9. The van der Waals surface area contributed by atoms with Crippen LogP contribution in [0.4, 0.5) is 5.82 Å². The molecule has 0 atom stereocenters. The van der Waals surface area contributed by atoms with Crippen LogP contribution in [0.3, 0.4) is 0 Å². The fraction of sp³-hybridized carbons (Fsp3) is 0.600. The Bertz CT molecular complexity index is 479. The van der Waals surface area contributed by atoms with Crippen LogP contribution in [-0.2, 0) is 6.42 Å². The molecule has 0 aliphatic heterocycles. The number of aromatic nitrogens is 1. The highest BCUT2D eigenvalue weighted by Crippen LogP contribution is 2.40. The van der Waals surface area contributed by atoms with Crippen LogP contribution < -0.4 is 5.32 Å². The van der Waals surface area contributed by atoms with Gasteiger partial charge in [-0.05, 0) is 51.2 Å². The SMILES string of the molecule is CCCc1cc(C(=O)O)cc(NC(C)(C)C2CC2)n1. The second-order valence-electron chi connectivity index (χ2n) is 5.91. The van der Waals surface area contributed by atoms with E-state index in [-0.39, 0.29) is 5.54 Å². The highest BCUT2D eigenvalue weighted by atomic mass is 16.4. The lowest BCUT2D eigenvalue weighted by molar-refractivity contribution is 0.0696. The molecule has 0 aromatic carbocycles. The molecule has 2 N–H and O–H groups in total. The van der Waals surface area contributed by atoms with Gasteiger partial charge in [0.15, 0.2) is 0 Å². The first-order chi connectivity index (χ1) is 8.92. The molecule has 0 unspecified atom stereocenters. The topological polar surface area (TPSA) is 62.2 Å². The summed E-state index contributed by atoms with van der Waals surface area (Å²) in [4.78, 5) is 15.7. The van der Waals surface area contributed by atoms with E-state index in [1.165, 1.54) is 12.8 Å². The summed E-state index contributed by atoms with van der Waals surface area (Å²) >= 11 is 0. The second-order valence-corrected chi connectivity index (χ2v) is 5.91. The smallest absolute Gasteiger partial charge is 0.335 e. The molecule has 0 radical (unpaired) electrons. The number of carbonyl (C=O) groups is 1. The first-order valence-electron chi connectivity index (χ1n) is 6.95. The Labute approximate surface area is 114 Å². The first-order valence-corrected chi connectivity index (χ1v) is 6.95. The average molecular weight is 262 g/mol. The van der Waals surface area contributed by atoms with Crippen molar-refractivity contribution in [3.63, 3.8) is 0 Å². The van der Waals surface area contributed by atoms with Gasteiger partial charge in [-0.1, -0.05) is 13.3 Å². The van der Waals surface area contributed by atoms with Crippen LogP contribution in [0.2, 0.25) is 0 Å². The lowest BCUT2D eigenvalue weighted by Gasteiger charge is -2.27. The molecule has 0 bridgehead atoms. The number of hydrogen-bond donors (Lipinski definition) is 2. The van der Waals surface area contributed by atoms with Gasteiger partial charge in [0, 0.05) is 11.2 Å². The van der Waals surface area contributed by atoms with Crippen LogP contribution in [0.5, 0.6) is 0 Å². The molecule has 0 spiro atoms. The maximum Gasteiger partial charge on any atom is 0.335 e. The van der Waals surface area contributed by atoms with Crippen LogP contribution in [0.15, 0.2) is 12.1 Å². The number of aromatic carboxylic acids is 1. The van der Waals surface area contributed by atoms with E-state index in [9.17, 15) is 4.79 Å². The Hall–Kier alpha value is -1.58. The largest absolute Gasteiger partial charge is 0.478 e. The molecule has 1 aromatic heterocycles. The van der Waals surface area contributed by atoms with Crippen LogP contribution >= 0.6 is 0 Å². The van der Waals surface area contributed by atoms with E-state index in [0.717, 1.165) is 18.5 Å². The third kappa shape index (κ3) is 3.46. The van der Waals surface area contributed by atoms with Crippen molar-refractivity contribution >= 4 is 11.8 Å². The van der Waals surface area contributed by atoms with E-state index in [4.69, 9.17) is 5.11 Å². The number of nitrogens with one attached hydrogen (secondary N) is 1. The molecular formula is C15H22N2O2. The molecule has 1 aliphatic rings. The van der Waals surface area contributed by atoms with Crippen LogP contribution in [0, 0.1) is 5.92 Å². The van der Waals surface area contributed by atoms with Crippen molar-refractivity contribution in [3.8, 4) is 0 Å². The minimum atomic E-state index is -0.896. The Morgan fingerprint density at radius 1 is 1.47 bits per heavy atom. The highest BCUT2D eigenvalue weighted by molar-refractivity contribution is 5.88. The Balaban J connectivity index is 2.25. The van der Waals surface area contributed by atoms with Gasteiger partial charge in [0.25, 0.3) is 0 Å². The van der Waals surface area contributed by atoms with E-state index < -0.39 is 5.97 Å². The summed E-state index contributed by atoms with van der Waals surface area (Å²) in [6, 6.07) is 3.30. The normalized spacial score (nSPS) is 15.3. The number of pyridine rings is 1. The average Bonchev–Trinajstić information content (AvgIpc) is 3.12. The van der Waals surface area contributed by atoms with Gasteiger partial charge < -0.3 is 10.4 Å². The predicted octanol–water partition coefficient (Wildman–Crippen LogP) is 3.33. The molecular weight excluding hydrogens is 240 g/mol. The Kier molecular flexibility index (Phi) is 3.78. The predicted molar refractivity (Wildman–Crippen MR) is 75.6 cm³/mol. The standard InChI is InChI=1S/C15H22N2O2/c1-4-5-12-8-10(14(18)19)9-13(16-12)17-15(2,3)11-6-7-11/h8-9,11H,4-7H2,1-3H3,(H,16,17)(H,18,19). The molecule has 19 heavy (non-hydrogen) atoms. The van der Waals surface area contributed by atoms with Gasteiger partial charge in [0.2, 0.25) is 0 Å². The molecule has 2 rings (SSSR count). The van der Waals surface area contributed by atoms with Gasteiger partial charge in [0.1, 0.15) is 5.82 Å². The monoisotopic (exact) mass is 262 g/mol. The third-order valence-electron chi connectivity index (χ3n) is 3.68. The Morgan fingerprint density at radius 3 is 2.68 bits per heavy atom. The molecule has 4 nitrogen and oxygen atoms in total. The van der Waals surface area contributed by atoms with Crippen LogP contribution in [0.1, 0.15) is 56.1 Å². The summed E-state index contributed by atoms with van der Waals surface area (Å²) in [6.07, 6.45) is 4.24. The van der Waals surface area contributed by atoms with Crippen molar-refractivity contribution in [2.45, 2.75) is 52.0 Å². The molecule has 0 saturated heterocycles. The van der Waals surface area contributed by atoms with Gasteiger partial charge in [-0.25, -0.2) is 9.78 Å². The fourth-order valence-electron chi connectivity index (χ4n) is 2.40. The van der Waals surface area contributed by atoms with Crippen LogP contribution in [-0.4, -0.2) is 21.6 Å². The van der Waals surface area contributed by atoms with Crippen molar-refractivity contribution in [3.05, 3.63) is 23.4 Å². The number of carboxylic acid groups (broad SMARTS) is 1. The number of hydrogen-bond acceptors (Lipinski definition) is 3. The number of aryl methyl sites for hydroxylation is 1. The summed E-state index contributed by atoms with van der Waals surface area (Å²) in [5.74, 6) is 0.449. The lowest BCUT2D eigenvalue weighted by atomic mass is 9.98. The molecule has 1 aromatic rings. The maximum atomic E-state index is 11.2. The van der Waals surface area contributed by atoms with Crippen molar-refractivity contribution in [1.29, 1.82) is 0 Å². The van der Waals surface area contributed by atoms with Crippen molar-refractivity contribution in [2.24, 2.45) is 5.92 Å². The molecule has 104 valence electrons. The summed E-state index contributed by atoms with van der Waals surface area (Å²) in [7, 11) is 0. The Morgan fingerprint density at radius 2 is 2.16 bits per heavy atom. The van der Waals surface area contributed by atoms with Gasteiger partial charge in [-0.2, -0.15) is 0 Å².